The molecule has 2 rings (SSSR count). The molecule has 0 spiro atoms. The Morgan fingerprint density at radius 1 is 1.38 bits per heavy atom. The van der Waals surface area contributed by atoms with Gasteiger partial charge in [0.15, 0.2) is 5.17 Å². The first-order valence-electron chi connectivity index (χ1n) is 5.09. The average Bonchev–Trinajstić information content (AvgIpc) is 2.67. The predicted octanol–water partition coefficient (Wildman–Crippen LogP) is -1.54. The summed E-state index contributed by atoms with van der Waals surface area (Å²) in [4.78, 5) is 6.13. The van der Waals surface area contributed by atoms with Crippen LogP contribution in [0.4, 0.5) is 0 Å². The highest BCUT2D eigenvalue weighted by molar-refractivity contribution is 8.14. The van der Waals surface area contributed by atoms with Crippen molar-refractivity contribution in [3.8, 4) is 0 Å². The molecular formula is C9H16N2O4S. The fourth-order valence-electron chi connectivity index (χ4n) is 1.78. The quantitative estimate of drug-likeness (QED) is 0.521. The molecule has 1 fully saturated rings. The van der Waals surface area contributed by atoms with Crippen LogP contribution in [0.25, 0.3) is 0 Å². The van der Waals surface area contributed by atoms with Crippen LogP contribution in [0.1, 0.15) is 0 Å². The number of ether oxygens (including phenoxy) is 1. The van der Waals surface area contributed by atoms with Gasteiger partial charge in [-0.2, -0.15) is 0 Å². The van der Waals surface area contributed by atoms with Crippen molar-refractivity contribution in [3.63, 3.8) is 0 Å². The first-order chi connectivity index (χ1) is 7.54. The van der Waals surface area contributed by atoms with Crippen molar-refractivity contribution in [2.24, 2.45) is 4.99 Å². The van der Waals surface area contributed by atoms with Crippen LogP contribution in [0.5, 0.6) is 0 Å². The van der Waals surface area contributed by atoms with E-state index in [-0.39, 0.29) is 12.0 Å². The summed E-state index contributed by atoms with van der Waals surface area (Å²) in [7, 11) is 3.71. The fraction of sp³-hybridized carbons (Fsp3) is 0.889. The van der Waals surface area contributed by atoms with E-state index < -0.39 is 24.4 Å². The van der Waals surface area contributed by atoms with Crippen molar-refractivity contribution in [3.05, 3.63) is 0 Å². The zero-order valence-electron chi connectivity index (χ0n) is 9.15. The largest absolute Gasteiger partial charge is 0.394 e. The molecule has 2 aliphatic rings. The van der Waals surface area contributed by atoms with Crippen LogP contribution < -0.4 is 0 Å². The summed E-state index contributed by atoms with van der Waals surface area (Å²) >= 11 is 1.40. The number of nitrogens with zero attached hydrogens (tertiary/aromatic N) is 2. The van der Waals surface area contributed by atoms with Gasteiger partial charge in [0, 0.05) is 14.1 Å². The maximum Gasteiger partial charge on any atom is 0.161 e. The maximum absolute atomic E-state index is 9.87. The molecule has 92 valence electrons. The van der Waals surface area contributed by atoms with Gasteiger partial charge in [0.25, 0.3) is 0 Å². The molecule has 16 heavy (non-hydrogen) atoms. The number of amidine groups is 1. The third kappa shape index (κ3) is 1.93. The molecule has 6 nitrogen and oxygen atoms in total. The van der Waals surface area contributed by atoms with Crippen molar-refractivity contribution in [2.45, 2.75) is 29.8 Å². The number of aliphatic imine (C=N–C) groups is 1. The Labute approximate surface area is 97.9 Å². The van der Waals surface area contributed by atoms with E-state index in [1.165, 1.54) is 11.8 Å². The molecule has 0 radical (unpaired) electrons. The highest BCUT2D eigenvalue weighted by Gasteiger charge is 2.48. The lowest BCUT2D eigenvalue weighted by Crippen LogP contribution is -2.55. The van der Waals surface area contributed by atoms with E-state index in [0.717, 1.165) is 5.17 Å². The van der Waals surface area contributed by atoms with Gasteiger partial charge in [0.05, 0.1) is 6.61 Å². The molecule has 3 N–H and O–H groups in total. The van der Waals surface area contributed by atoms with E-state index in [0.29, 0.717) is 0 Å². The Morgan fingerprint density at radius 3 is 2.62 bits per heavy atom. The van der Waals surface area contributed by atoms with Gasteiger partial charge in [-0.05, 0) is 0 Å². The van der Waals surface area contributed by atoms with Crippen LogP contribution in [0.3, 0.4) is 0 Å². The van der Waals surface area contributed by atoms with Gasteiger partial charge in [-0.15, -0.1) is 0 Å². The van der Waals surface area contributed by atoms with Gasteiger partial charge >= 0.3 is 0 Å². The lowest BCUT2D eigenvalue weighted by atomic mass is 9.99. The summed E-state index contributed by atoms with van der Waals surface area (Å²) in [5, 5.41) is 29.3. The molecular weight excluding hydrogens is 232 g/mol. The summed E-state index contributed by atoms with van der Waals surface area (Å²) in [6, 6.07) is -0.458. The van der Waals surface area contributed by atoms with Crippen molar-refractivity contribution in [1.29, 1.82) is 0 Å². The fourth-order valence-corrected chi connectivity index (χ4v) is 2.95. The van der Waals surface area contributed by atoms with Crippen LogP contribution in [0, 0.1) is 0 Å². The number of hydrogen-bond acceptors (Lipinski definition) is 7. The molecule has 0 saturated carbocycles. The number of aliphatic hydroxyl groups excluding tert-OH is 3. The summed E-state index contributed by atoms with van der Waals surface area (Å²) in [5.74, 6) is 0. The van der Waals surface area contributed by atoms with Crippen LogP contribution in [0.15, 0.2) is 4.99 Å². The third-order valence-corrected chi connectivity index (χ3v) is 4.02. The molecule has 7 heteroatoms. The standard InChI is InChI=1S/C9H16N2O4S/c1-11(2)9-10-5-7(14)6(13)4(3-12)15-8(5)16-9/h4-8,12-14H,3H2,1-2H3. The van der Waals surface area contributed by atoms with Crippen LogP contribution in [-0.4, -0.2) is 75.9 Å². The molecule has 0 aliphatic carbocycles. The summed E-state index contributed by atoms with van der Waals surface area (Å²) in [6.45, 7) is -0.306. The topological polar surface area (TPSA) is 85.5 Å². The molecule has 0 bridgehead atoms. The van der Waals surface area contributed by atoms with Crippen molar-refractivity contribution >= 4 is 16.9 Å². The van der Waals surface area contributed by atoms with Crippen molar-refractivity contribution < 1.29 is 20.1 Å². The molecule has 0 amide bonds. The Hall–Kier alpha value is -0.340. The first kappa shape index (κ1) is 12.1. The highest BCUT2D eigenvalue weighted by Crippen LogP contribution is 2.36. The van der Waals surface area contributed by atoms with Crippen molar-refractivity contribution in [2.75, 3.05) is 20.7 Å². The number of hydrogen-bond donors (Lipinski definition) is 3. The summed E-state index contributed by atoms with van der Waals surface area (Å²) in [6.07, 6.45) is -2.81. The monoisotopic (exact) mass is 248 g/mol. The van der Waals surface area contributed by atoms with E-state index in [9.17, 15) is 10.2 Å². The van der Waals surface area contributed by atoms with Crippen LogP contribution in [0.2, 0.25) is 0 Å². The molecule has 1 saturated heterocycles. The summed E-state index contributed by atoms with van der Waals surface area (Å²) < 4.78 is 5.48. The van der Waals surface area contributed by atoms with E-state index in [1.807, 2.05) is 19.0 Å². The normalized spacial score (nSPS) is 42.8. The molecule has 0 aromatic heterocycles. The zero-order chi connectivity index (χ0) is 11.9. The minimum atomic E-state index is -1.09. The average molecular weight is 248 g/mol. The van der Waals surface area contributed by atoms with Gasteiger partial charge in [-0.3, -0.25) is 4.99 Å². The van der Waals surface area contributed by atoms with Gasteiger partial charge in [0.2, 0.25) is 0 Å². The number of thioether (sulfide) groups is 1. The first-order valence-corrected chi connectivity index (χ1v) is 5.96. The predicted molar refractivity (Wildman–Crippen MR) is 60.3 cm³/mol. The van der Waals surface area contributed by atoms with Crippen molar-refractivity contribution in [1.82, 2.24) is 4.90 Å². The van der Waals surface area contributed by atoms with Gasteiger partial charge in [-0.25, -0.2) is 0 Å². The second-order valence-electron chi connectivity index (χ2n) is 4.12. The Morgan fingerprint density at radius 2 is 2.06 bits per heavy atom. The van der Waals surface area contributed by atoms with E-state index in [4.69, 9.17) is 9.84 Å². The Bertz CT molecular complexity index is 299. The highest BCUT2D eigenvalue weighted by atomic mass is 32.2. The SMILES string of the molecule is CN(C)C1=NC2C(OC(CO)C(O)C2O)S1. The molecule has 5 atom stereocenters. The Balaban J connectivity index is 2.14. The van der Waals surface area contributed by atoms with Gasteiger partial charge in [-0.1, -0.05) is 11.8 Å². The molecule has 2 heterocycles. The molecule has 5 unspecified atom stereocenters. The lowest BCUT2D eigenvalue weighted by Gasteiger charge is -2.37. The second-order valence-corrected chi connectivity index (χ2v) is 5.19. The van der Waals surface area contributed by atoms with Gasteiger partial charge < -0.3 is 25.0 Å². The van der Waals surface area contributed by atoms with E-state index in [2.05, 4.69) is 4.99 Å². The zero-order valence-corrected chi connectivity index (χ0v) is 9.96. The van der Waals surface area contributed by atoms with E-state index >= 15 is 0 Å². The lowest BCUT2D eigenvalue weighted by molar-refractivity contribution is -0.164. The smallest absolute Gasteiger partial charge is 0.161 e. The number of aliphatic hydroxyl groups is 3. The van der Waals surface area contributed by atoms with E-state index in [1.54, 1.807) is 0 Å². The minimum Gasteiger partial charge on any atom is -0.394 e. The second kappa shape index (κ2) is 4.50. The van der Waals surface area contributed by atoms with Gasteiger partial charge in [0.1, 0.15) is 29.8 Å². The van der Waals surface area contributed by atoms with Crippen LogP contribution >= 0.6 is 11.8 Å². The summed E-state index contributed by atoms with van der Waals surface area (Å²) in [5.41, 5.74) is -0.326. The number of rotatable bonds is 1. The Kier molecular flexibility index (Phi) is 3.41. The third-order valence-electron chi connectivity index (χ3n) is 2.71. The maximum atomic E-state index is 9.87. The minimum absolute atomic E-state index is 0.306. The van der Waals surface area contributed by atoms with Crippen LogP contribution in [-0.2, 0) is 4.74 Å². The molecule has 2 aliphatic heterocycles. The molecule has 0 aromatic carbocycles. The number of fused-ring (bicyclic) bond motifs is 1. The molecule has 0 aromatic rings.